The van der Waals surface area contributed by atoms with E-state index in [0.29, 0.717) is 32.1 Å². The van der Waals surface area contributed by atoms with Crippen LogP contribution in [0, 0.1) is 46.3 Å². The molecule has 4 saturated carbocycles. The van der Waals surface area contributed by atoms with Gasteiger partial charge in [-0.25, -0.2) is 0 Å². The number of hydrogen-bond donors (Lipinski definition) is 1. The van der Waals surface area contributed by atoms with E-state index in [4.69, 9.17) is 5.11 Å². The zero-order valence-corrected chi connectivity index (χ0v) is 17.9. The van der Waals surface area contributed by atoms with Crippen molar-refractivity contribution in [1.82, 2.24) is 0 Å². The second-order valence-electron chi connectivity index (χ2n) is 10.9. The van der Waals surface area contributed by atoms with Crippen molar-refractivity contribution in [3.8, 4) is 0 Å². The van der Waals surface area contributed by atoms with E-state index in [0.717, 1.165) is 19.3 Å². The first-order valence-electron chi connectivity index (χ1n) is 11.4. The SMILES string of the molecule is C[C@H](CCC(=O)O)[C@H]1CCC2C3C(=O)C[C@@H]4CC(=O)CCC4(C)C3CC(=O)C21C. The van der Waals surface area contributed by atoms with Gasteiger partial charge in [-0.1, -0.05) is 20.8 Å². The predicted molar refractivity (Wildman–Crippen MR) is 107 cm³/mol. The summed E-state index contributed by atoms with van der Waals surface area (Å²) in [5.41, 5.74) is -0.598. The fourth-order valence-electron chi connectivity index (χ4n) is 7.94. The van der Waals surface area contributed by atoms with Gasteiger partial charge in [-0.15, -0.1) is 0 Å². The molecule has 29 heavy (non-hydrogen) atoms. The van der Waals surface area contributed by atoms with Crippen LogP contribution >= 0.6 is 0 Å². The predicted octanol–water partition coefficient (Wildman–Crippen LogP) is 4.07. The van der Waals surface area contributed by atoms with Crippen molar-refractivity contribution in [2.75, 3.05) is 0 Å². The molecular formula is C24H34O5. The normalized spacial score (nSPS) is 45.3. The second kappa shape index (κ2) is 7.02. The highest BCUT2D eigenvalue weighted by atomic mass is 16.4. The fraction of sp³-hybridized carbons (Fsp3) is 0.833. The summed E-state index contributed by atoms with van der Waals surface area (Å²) in [7, 11) is 0. The first-order valence-corrected chi connectivity index (χ1v) is 11.4. The van der Waals surface area contributed by atoms with E-state index in [2.05, 4.69) is 20.8 Å². The van der Waals surface area contributed by atoms with Crippen molar-refractivity contribution in [3.05, 3.63) is 0 Å². The van der Waals surface area contributed by atoms with E-state index >= 15 is 0 Å². The molecule has 4 aliphatic carbocycles. The van der Waals surface area contributed by atoms with Crippen molar-refractivity contribution in [2.24, 2.45) is 46.3 Å². The third kappa shape index (κ3) is 3.02. The number of ketones is 3. The highest BCUT2D eigenvalue weighted by molar-refractivity contribution is 5.93. The molecule has 4 aliphatic rings. The Hall–Kier alpha value is -1.52. The van der Waals surface area contributed by atoms with E-state index in [-0.39, 0.29) is 64.7 Å². The Labute approximate surface area is 173 Å². The van der Waals surface area contributed by atoms with Crippen LogP contribution in [0.3, 0.4) is 0 Å². The third-order valence-corrected chi connectivity index (χ3v) is 9.72. The Morgan fingerprint density at radius 2 is 1.83 bits per heavy atom. The van der Waals surface area contributed by atoms with Crippen molar-refractivity contribution in [3.63, 3.8) is 0 Å². The van der Waals surface area contributed by atoms with Crippen LogP contribution in [0.4, 0.5) is 0 Å². The standard InChI is InChI=1S/C24H34O5/c1-13(4-7-21(28)29)16-5-6-17-22-18(12-20(27)24(16,17)3)23(2)9-8-15(25)10-14(23)11-19(22)26/h13-14,16-18,22H,4-12H2,1-3H3,(H,28,29)/t13-,14+,16-,17?,18?,22?,23?,24?/m1/s1. The van der Waals surface area contributed by atoms with E-state index < -0.39 is 11.4 Å². The zero-order valence-electron chi connectivity index (χ0n) is 17.9. The Bertz CT molecular complexity index is 756. The number of fused-ring (bicyclic) bond motifs is 5. The van der Waals surface area contributed by atoms with E-state index in [1.165, 1.54) is 0 Å². The highest BCUT2D eigenvalue weighted by Crippen LogP contribution is 2.66. The van der Waals surface area contributed by atoms with E-state index in [1.807, 2.05) is 0 Å². The number of Topliss-reactive ketones (excluding diaryl/α,β-unsaturated/α-hetero) is 3. The van der Waals surface area contributed by atoms with Gasteiger partial charge in [0, 0.05) is 43.4 Å². The maximum atomic E-state index is 13.6. The Morgan fingerprint density at radius 3 is 2.52 bits per heavy atom. The maximum absolute atomic E-state index is 13.6. The van der Waals surface area contributed by atoms with Crippen LogP contribution in [-0.2, 0) is 19.2 Å². The zero-order chi connectivity index (χ0) is 21.1. The molecule has 0 aromatic rings. The number of carbonyl (C=O) groups is 4. The Balaban J connectivity index is 1.63. The van der Waals surface area contributed by atoms with Gasteiger partial charge in [0.15, 0.2) is 0 Å². The fourth-order valence-corrected chi connectivity index (χ4v) is 7.94. The maximum Gasteiger partial charge on any atom is 0.303 e. The van der Waals surface area contributed by atoms with Gasteiger partial charge < -0.3 is 5.11 Å². The minimum absolute atomic E-state index is 0.0659. The number of aliphatic carboxylic acids is 1. The molecule has 0 aliphatic heterocycles. The van der Waals surface area contributed by atoms with Gasteiger partial charge in [0.25, 0.3) is 0 Å². The smallest absolute Gasteiger partial charge is 0.303 e. The molecule has 0 heterocycles. The van der Waals surface area contributed by atoms with Crippen LogP contribution in [0.2, 0.25) is 0 Å². The molecule has 5 nitrogen and oxygen atoms in total. The van der Waals surface area contributed by atoms with Crippen LogP contribution in [0.1, 0.15) is 78.6 Å². The van der Waals surface area contributed by atoms with Crippen molar-refractivity contribution in [1.29, 1.82) is 0 Å². The lowest BCUT2D eigenvalue weighted by Crippen LogP contribution is -2.60. The van der Waals surface area contributed by atoms with Crippen LogP contribution in [-0.4, -0.2) is 28.4 Å². The summed E-state index contributed by atoms with van der Waals surface area (Å²) in [5, 5.41) is 9.06. The van der Waals surface area contributed by atoms with Gasteiger partial charge in [0.2, 0.25) is 0 Å². The third-order valence-electron chi connectivity index (χ3n) is 9.72. The summed E-state index contributed by atoms with van der Waals surface area (Å²) < 4.78 is 0. The van der Waals surface area contributed by atoms with Crippen molar-refractivity contribution < 1.29 is 24.3 Å². The quantitative estimate of drug-likeness (QED) is 0.766. The van der Waals surface area contributed by atoms with Gasteiger partial charge in [0.05, 0.1) is 0 Å². The van der Waals surface area contributed by atoms with Gasteiger partial charge in [-0.05, 0) is 60.7 Å². The molecule has 5 heteroatoms. The first-order chi connectivity index (χ1) is 13.6. The first kappa shape index (κ1) is 20.7. The molecule has 0 spiro atoms. The summed E-state index contributed by atoms with van der Waals surface area (Å²) in [6.07, 6.45) is 5.33. The molecule has 160 valence electrons. The van der Waals surface area contributed by atoms with Gasteiger partial charge in [-0.3, -0.25) is 19.2 Å². The van der Waals surface area contributed by atoms with Crippen LogP contribution < -0.4 is 0 Å². The second-order valence-corrected chi connectivity index (χ2v) is 10.9. The molecule has 1 N–H and O–H groups in total. The topological polar surface area (TPSA) is 88.5 Å². The molecule has 0 amide bonds. The molecular weight excluding hydrogens is 368 g/mol. The molecule has 0 aromatic heterocycles. The molecule has 0 saturated heterocycles. The van der Waals surface area contributed by atoms with Crippen LogP contribution in [0.5, 0.6) is 0 Å². The summed E-state index contributed by atoms with van der Waals surface area (Å²) >= 11 is 0. The Morgan fingerprint density at radius 1 is 1.10 bits per heavy atom. The molecule has 5 unspecified atom stereocenters. The lowest BCUT2D eigenvalue weighted by molar-refractivity contribution is -0.166. The number of hydrogen-bond acceptors (Lipinski definition) is 4. The summed E-state index contributed by atoms with van der Waals surface area (Å²) in [6.45, 7) is 6.37. The molecule has 0 bridgehead atoms. The monoisotopic (exact) mass is 402 g/mol. The summed E-state index contributed by atoms with van der Waals surface area (Å²) in [4.78, 5) is 50.0. The van der Waals surface area contributed by atoms with Gasteiger partial charge >= 0.3 is 5.97 Å². The largest absolute Gasteiger partial charge is 0.481 e. The highest BCUT2D eigenvalue weighted by Gasteiger charge is 2.66. The molecule has 0 aromatic carbocycles. The van der Waals surface area contributed by atoms with Gasteiger partial charge in [-0.2, -0.15) is 0 Å². The lowest BCUT2D eigenvalue weighted by atomic mass is 9.44. The molecule has 4 fully saturated rings. The lowest BCUT2D eigenvalue weighted by Gasteiger charge is -2.58. The van der Waals surface area contributed by atoms with E-state index in [9.17, 15) is 19.2 Å². The average molecular weight is 403 g/mol. The summed E-state index contributed by atoms with van der Waals surface area (Å²) in [6, 6.07) is 0. The molecule has 4 rings (SSSR count). The number of carbonyl (C=O) groups excluding carboxylic acids is 3. The van der Waals surface area contributed by atoms with Crippen molar-refractivity contribution in [2.45, 2.75) is 78.6 Å². The number of carboxylic acids is 1. The van der Waals surface area contributed by atoms with Gasteiger partial charge in [0.1, 0.15) is 17.3 Å². The van der Waals surface area contributed by atoms with Crippen molar-refractivity contribution >= 4 is 23.3 Å². The van der Waals surface area contributed by atoms with E-state index in [1.54, 1.807) is 0 Å². The minimum Gasteiger partial charge on any atom is -0.481 e. The van der Waals surface area contributed by atoms with Crippen LogP contribution in [0.25, 0.3) is 0 Å². The molecule has 8 atom stereocenters. The average Bonchev–Trinajstić information content (AvgIpc) is 3.01. The van der Waals surface area contributed by atoms with Crippen LogP contribution in [0.15, 0.2) is 0 Å². The Kier molecular flexibility index (Phi) is 5.02. The minimum atomic E-state index is -0.792. The molecule has 0 radical (unpaired) electrons. The number of rotatable bonds is 4. The summed E-state index contributed by atoms with van der Waals surface area (Å²) in [5.74, 6) is 0.524. The number of carboxylic acid groups (broad SMARTS) is 1.